The van der Waals surface area contributed by atoms with Gasteiger partial charge >= 0.3 is 0 Å². The van der Waals surface area contributed by atoms with E-state index in [2.05, 4.69) is 24.1 Å². The summed E-state index contributed by atoms with van der Waals surface area (Å²) in [6.45, 7) is 7.88. The zero-order valence-corrected chi connectivity index (χ0v) is 20.9. The predicted molar refractivity (Wildman–Crippen MR) is 134 cm³/mol. The molecule has 0 saturated heterocycles. The van der Waals surface area contributed by atoms with Crippen LogP contribution in [0.1, 0.15) is 29.8 Å². The number of carbonyl (C=O) groups excluding carboxylic acids is 1. The number of nitrogens with one attached hydrogen (secondary N) is 3. The van der Waals surface area contributed by atoms with E-state index >= 15 is 0 Å². The summed E-state index contributed by atoms with van der Waals surface area (Å²) in [4.78, 5) is 30.1. The number of amides is 1. The minimum atomic E-state index is -3.73. The lowest BCUT2D eigenvalue weighted by Gasteiger charge is -2.16. The van der Waals surface area contributed by atoms with Crippen molar-refractivity contribution >= 4 is 39.1 Å². The SMILES string of the molecule is CC[NH+](CC)CCn1c(=S)[nH]c2cc(C(=O)NCCc3ccc(S(N)(=O)=O)cc3)ccc2c1=O. The molecule has 0 radical (unpaired) electrons. The molecule has 1 amide bonds. The molecule has 9 nitrogen and oxygen atoms in total. The number of H-pyrrole nitrogens is 1. The molecule has 0 fully saturated rings. The maximum atomic E-state index is 13.0. The third-order valence-corrected chi connectivity index (χ3v) is 7.14. The zero-order chi connectivity index (χ0) is 24.9. The van der Waals surface area contributed by atoms with E-state index < -0.39 is 10.0 Å². The molecule has 2 aromatic carbocycles. The second-order valence-electron chi connectivity index (χ2n) is 8.05. The van der Waals surface area contributed by atoms with Gasteiger partial charge in [0.25, 0.3) is 11.5 Å². The summed E-state index contributed by atoms with van der Waals surface area (Å²) in [6.07, 6.45) is 0.520. The van der Waals surface area contributed by atoms with E-state index in [0.29, 0.717) is 40.7 Å². The number of benzene rings is 2. The highest BCUT2D eigenvalue weighted by Gasteiger charge is 2.12. The van der Waals surface area contributed by atoms with E-state index in [1.165, 1.54) is 17.0 Å². The number of nitrogens with zero attached hydrogens (tertiary/aromatic N) is 1. The molecule has 182 valence electrons. The summed E-state index contributed by atoms with van der Waals surface area (Å²) in [5.41, 5.74) is 1.63. The lowest BCUT2D eigenvalue weighted by molar-refractivity contribution is -0.897. The zero-order valence-electron chi connectivity index (χ0n) is 19.3. The van der Waals surface area contributed by atoms with Crippen LogP contribution in [-0.2, 0) is 23.0 Å². The standard InChI is InChI=1S/C23H29N5O4S2/c1-3-27(4-2)13-14-28-22(30)19-10-7-17(15-20(19)26-23(28)33)21(29)25-12-11-16-5-8-18(9-6-16)34(24,31)32/h5-10,15H,3-4,11-14H2,1-2H3,(H,25,29)(H,26,33)(H2,24,31,32)/p+1. The number of quaternary nitrogens is 1. The molecular weight excluding hydrogens is 474 g/mol. The Morgan fingerprint density at radius 1 is 1.15 bits per heavy atom. The predicted octanol–water partition coefficient (Wildman–Crippen LogP) is 0.604. The van der Waals surface area contributed by atoms with Crippen molar-refractivity contribution in [3.8, 4) is 0 Å². The number of sulfonamides is 1. The Morgan fingerprint density at radius 3 is 2.44 bits per heavy atom. The van der Waals surface area contributed by atoms with Gasteiger partial charge in [0.2, 0.25) is 10.0 Å². The quantitative estimate of drug-likeness (QED) is 0.300. The number of aromatic nitrogens is 2. The molecule has 3 rings (SSSR count). The van der Waals surface area contributed by atoms with Crippen LogP contribution in [0, 0.1) is 4.77 Å². The summed E-state index contributed by atoms with van der Waals surface area (Å²) >= 11 is 5.41. The molecule has 1 heterocycles. The van der Waals surface area contributed by atoms with Crippen molar-refractivity contribution in [3.63, 3.8) is 0 Å². The minimum absolute atomic E-state index is 0.0437. The number of hydrogen-bond acceptors (Lipinski definition) is 5. The normalized spacial score (nSPS) is 11.8. The lowest BCUT2D eigenvalue weighted by Crippen LogP contribution is -3.11. The van der Waals surface area contributed by atoms with E-state index in [1.54, 1.807) is 34.9 Å². The van der Waals surface area contributed by atoms with Gasteiger partial charge in [-0.05, 0) is 68.4 Å². The van der Waals surface area contributed by atoms with E-state index in [-0.39, 0.29) is 16.4 Å². The summed E-state index contributed by atoms with van der Waals surface area (Å²) in [6, 6.07) is 11.1. The van der Waals surface area contributed by atoms with Gasteiger partial charge in [-0.15, -0.1) is 0 Å². The number of hydrogen-bond donors (Lipinski definition) is 4. The molecule has 11 heteroatoms. The van der Waals surface area contributed by atoms with Crippen LogP contribution in [0.3, 0.4) is 0 Å². The third-order valence-electron chi connectivity index (χ3n) is 5.88. The molecule has 1 aromatic heterocycles. The van der Waals surface area contributed by atoms with Gasteiger partial charge in [-0.1, -0.05) is 12.1 Å². The minimum Gasteiger partial charge on any atom is -0.352 e. The first kappa shape index (κ1) is 25.8. The Hall–Kier alpha value is -2.86. The monoisotopic (exact) mass is 504 g/mol. The van der Waals surface area contributed by atoms with Crippen molar-refractivity contribution in [3.05, 3.63) is 68.7 Å². The van der Waals surface area contributed by atoms with Crippen molar-refractivity contribution in [1.29, 1.82) is 0 Å². The lowest BCUT2D eigenvalue weighted by atomic mass is 10.1. The van der Waals surface area contributed by atoms with Crippen LogP contribution in [-0.4, -0.2) is 50.1 Å². The van der Waals surface area contributed by atoms with Crippen LogP contribution in [0.4, 0.5) is 0 Å². The number of likely N-dealkylation sites (N-methyl/N-ethyl adjacent to an activating group) is 1. The van der Waals surface area contributed by atoms with Gasteiger partial charge in [0.1, 0.15) is 0 Å². The third kappa shape index (κ3) is 6.17. The molecule has 0 aliphatic carbocycles. The van der Waals surface area contributed by atoms with Crippen LogP contribution in [0.15, 0.2) is 52.2 Å². The molecule has 5 N–H and O–H groups in total. The molecule has 0 bridgehead atoms. The fourth-order valence-corrected chi connectivity index (χ4v) is 4.54. The van der Waals surface area contributed by atoms with Crippen molar-refractivity contribution in [2.24, 2.45) is 5.14 Å². The van der Waals surface area contributed by atoms with Crippen molar-refractivity contribution in [1.82, 2.24) is 14.9 Å². The van der Waals surface area contributed by atoms with E-state index in [9.17, 15) is 18.0 Å². The van der Waals surface area contributed by atoms with Gasteiger partial charge < -0.3 is 15.2 Å². The summed E-state index contributed by atoms with van der Waals surface area (Å²) in [7, 11) is -3.73. The highest BCUT2D eigenvalue weighted by Crippen LogP contribution is 2.12. The number of nitrogens with two attached hydrogens (primary N) is 1. The first-order valence-electron chi connectivity index (χ1n) is 11.1. The van der Waals surface area contributed by atoms with Crippen molar-refractivity contribution < 1.29 is 18.1 Å². The average molecular weight is 505 g/mol. The van der Waals surface area contributed by atoms with Gasteiger partial charge in [-0.2, -0.15) is 0 Å². The maximum Gasteiger partial charge on any atom is 0.262 e. The largest absolute Gasteiger partial charge is 0.352 e. The Balaban J connectivity index is 1.69. The second-order valence-corrected chi connectivity index (χ2v) is 10.00. The molecule has 3 aromatic rings. The number of aromatic amines is 1. The first-order valence-corrected chi connectivity index (χ1v) is 13.1. The molecular formula is C23H30N5O4S2+. The van der Waals surface area contributed by atoms with Crippen LogP contribution in [0.25, 0.3) is 10.9 Å². The fraction of sp³-hybridized carbons (Fsp3) is 0.348. The molecule has 34 heavy (non-hydrogen) atoms. The van der Waals surface area contributed by atoms with E-state index in [0.717, 1.165) is 25.2 Å². The van der Waals surface area contributed by atoms with Crippen molar-refractivity contribution in [2.45, 2.75) is 31.7 Å². The van der Waals surface area contributed by atoms with Crippen LogP contribution < -0.4 is 20.9 Å². The highest BCUT2D eigenvalue weighted by molar-refractivity contribution is 7.89. The highest BCUT2D eigenvalue weighted by atomic mass is 32.2. The molecule has 0 aliphatic rings. The van der Waals surface area contributed by atoms with E-state index in [1.807, 2.05) is 0 Å². The molecule has 0 atom stereocenters. The molecule has 0 unspecified atom stereocenters. The van der Waals surface area contributed by atoms with Gasteiger partial charge in [0.15, 0.2) is 4.77 Å². The van der Waals surface area contributed by atoms with Crippen molar-refractivity contribution in [2.75, 3.05) is 26.2 Å². The number of carbonyl (C=O) groups is 1. The molecule has 0 aliphatic heterocycles. The van der Waals surface area contributed by atoms with Crippen LogP contribution in [0.5, 0.6) is 0 Å². The fourth-order valence-electron chi connectivity index (χ4n) is 3.74. The van der Waals surface area contributed by atoms with E-state index in [4.69, 9.17) is 17.4 Å². The van der Waals surface area contributed by atoms with Gasteiger partial charge in [0.05, 0.1) is 42.0 Å². The van der Waals surface area contributed by atoms with Gasteiger partial charge in [-0.3, -0.25) is 14.2 Å². The topological polar surface area (TPSA) is 131 Å². The smallest absolute Gasteiger partial charge is 0.262 e. The number of rotatable bonds is 10. The first-order chi connectivity index (χ1) is 16.1. The molecule has 0 saturated carbocycles. The summed E-state index contributed by atoms with van der Waals surface area (Å²) in [5, 5.41) is 8.42. The Labute approximate surface area is 203 Å². The Bertz CT molecular complexity index is 1390. The summed E-state index contributed by atoms with van der Waals surface area (Å²) < 4.78 is 24.6. The summed E-state index contributed by atoms with van der Waals surface area (Å²) in [5.74, 6) is -0.281. The average Bonchev–Trinajstić information content (AvgIpc) is 2.80. The maximum absolute atomic E-state index is 13.0. The Kier molecular flexibility index (Phi) is 8.37. The Morgan fingerprint density at radius 2 is 1.82 bits per heavy atom. The van der Waals surface area contributed by atoms with Crippen LogP contribution in [0.2, 0.25) is 0 Å². The van der Waals surface area contributed by atoms with Crippen LogP contribution >= 0.6 is 12.2 Å². The van der Waals surface area contributed by atoms with Gasteiger partial charge in [0, 0.05) is 12.1 Å². The number of fused-ring (bicyclic) bond motifs is 1. The molecule has 0 spiro atoms. The van der Waals surface area contributed by atoms with Gasteiger partial charge in [-0.25, -0.2) is 13.6 Å². The second kappa shape index (κ2) is 11.0. The number of primary sulfonamides is 1.